The van der Waals surface area contributed by atoms with Gasteiger partial charge < -0.3 is 4.74 Å². The molecular weight excluding hydrogens is 673 g/mol. The van der Waals surface area contributed by atoms with Crippen LogP contribution in [0.1, 0.15) is 22.3 Å². The molecule has 5 nitrogen and oxygen atoms in total. The Balaban J connectivity index is 1.29. The Morgan fingerprint density at radius 2 is 0.945 bits per heavy atom. The van der Waals surface area contributed by atoms with Crippen molar-refractivity contribution in [2.75, 3.05) is 0 Å². The molecule has 5 heteroatoms. The van der Waals surface area contributed by atoms with E-state index in [-0.39, 0.29) is 0 Å². The molecule has 1 spiro atoms. The quantitative estimate of drug-likeness (QED) is 0.184. The average molecular weight is 703 g/mol. The lowest BCUT2D eigenvalue weighted by Gasteiger charge is -2.39. The summed E-state index contributed by atoms with van der Waals surface area (Å²) < 4.78 is 8.97. The molecule has 2 aliphatic rings. The van der Waals surface area contributed by atoms with E-state index in [2.05, 4.69) is 150 Å². The van der Waals surface area contributed by atoms with Crippen LogP contribution in [0.3, 0.4) is 0 Å². The fourth-order valence-electron chi connectivity index (χ4n) is 9.30. The summed E-state index contributed by atoms with van der Waals surface area (Å²) in [5.74, 6) is 3.55. The van der Waals surface area contributed by atoms with Gasteiger partial charge in [-0.15, -0.1) is 0 Å². The van der Waals surface area contributed by atoms with E-state index in [9.17, 15) is 0 Å². The Kier molecular flexibility index (Phi) is 6.20. The van der Waals surface area contributed by atoms with Gasteiger partial charge in [-0.25, -0.2) is 4.98 Å². The van der Waals surface area contributed by atoms with E-state index in [0.29, 0.717) is 17.6 Å². The summed E-state index contributed by atoms with van der Waals surface area (Å²) >= 11 is 0. The standard InChI is InChI=1S/C50H30N4O/c1-3-16-32(17-4-1)47-51-48(33-18-5-2-6-19-33)53-49(52-47)54-45-34-20-8-7-15-31(34)27-28-35(45)36-29-30-41-44(46(36)54)37-21-9-10-22-38(37)50(41)39-23-11-13-25-42(39)55-43-26-14-12-24-40(43)50/h1-30H. The second kappa shape index (κ2) is 11.3. The van der Waals surface area contributed by atoms with Gasteiger partial charge in [0.25, 0.3) is 0 Å². The molecule has 0 saturated carbocycles. The third-order valence-electron chi connectivity index (χ3n) is 11.5. The van der Waals surface area contributed by atoms with E-state index in [1.165, 1.54) is 22.3 Å². The zero-order valence-electron chi connectivity index (χ0n) is 29.5. The first-order valence-electron chi connectivity index (χ1n) is 18.6. The number of hydrogen-bond donors (Lipinski definition) is 0. The third kappa shape index (κ3) is 4.09. The predicted octanol–water partition coefficient (Wildman–Crippen LogP) is 11.9. The van der Waals surface area contributed by atoms with E-state index in [1.54, 1.807) is 0 Å². The number of rotatable bonds is 3. The Labute approximate surface area is 316 Å². The number of aromatic nitrogens is 4. The minimum atomic E-state index is -0.613. The maximum atomic E-state index is 6.65. The van der Waals surface area contributed by atoms with Crippen molar-refractivity contribution in [1.29, 1.82) is 0 Å². The molecule has 8 aromatic carbocycles. The topological polar surface area (TPSA) is 52.8 Å². The first-order valence-corrected chi connectivity index (χ1v) is 18.6. The maximum Gasteiger partial charge on any atom is 0.238 e. The number of benzene rings is 8. The molecule has 1 aliphatic carbocycles. The SMILES string of the molecule is c1ccc(-c2nc(-c3ccccc3)nc(-n3c4c5c(ccc4c4ccc6ccccc6c43)C3(c4ccccc4Oc4ccccc43)c3ccccc3-5)n2)cc1. The fourth-order valence-corrected chi connectivity index (χ4v) is 9.30. The second-order valence-corrected chi connectivity index (χ2v) is 14.3. The summed E-state index contributed by atoms with van der Waals surface area (Å²) in [5.41, 5.74) is 10.4. The summed E-state index contributed by atoms with van der Waals surface area (Å²) in [6.07, 6.45) is 0. The molecule has 0 amide bonds. The van der Waals surface area contributed by atoms with Crippen LogP contribution in [0.2, 0.25) is 0 Å². The number of fused-ring (bicyclic) bond motifs is 15. The third-order valence-corrected chi connectivity index (χ3v) is 11.5. The Hall–Kier alpha value is -7.37. The van der Waals surface area contributed by atoms with Crippen LogP contribution < -0.4 is 4.74 Å². The van der Waals surface area contributed by atoms with Gasteiger partial charge in [0.15, 0.2) is 11.6 Å². The van der Waals surface area contributed by atoms with Gasteiger partial charge in [0, 0.05) is 44.0 Å². The van der Waals surface area contributed by atoms with Crippen molar-refractivity contribution < 1.29 is 4.74 Å². The van der Waals surface area contributed by atoms with Gasteiger partial charge in [-0.05, 0) is 34.2 Å². The molecule has 256 valence electrons. The number of ether oxygens (including phenoxy) is 1. The molecule has 12 rings (SSSR count). The van der Waals surface area contributed by atoms with Crippen LogP contribution in [-0.4, -0.2) is 19.5 Å². The van der Waals surface area contributed by atoms with Gasteiger partial charge in [-0.1, -0.05) is 170 Å². The van der Waals surface area contributed by atoms with Gasteiger partial charge in [0.1, 0.15) is 11.5 Å². The molecule has 0 unspecified atom stereocenters. The predicted molar refractivity (Wildman–Crippen MR) is 220 cm³/mol. The van der Waals surface area contributed by atoms with Crippen molar-refractivity contribution in [3.05, 3.63) is 204 Å². The Bertz CT molecular complexity index is 3080. The Morgan fingerprint density at radius 3 is 1.64 bits per heavy atom. The smallest absolute Gasteiger partial charge is 0.238 e. The molecule has 0 saturated heterocycles. The van der Waals surface area contributed by atoms with Crippen LogP contribution in [-0.2, 0) is 5.41 Å². The van der Waals surface area contributed by atoms with E-state index in [1.807, 2.05) is 36.4 Å². The Morgan fingerprint density at radius 1 is 0.400 bits per heavy atom. The molecule has 0 fully saturated rings. The summed E-state index contributed by atoms with van der Waals surface area (Å²) in [6, 6.07) is 64.1. The summed E-state index contributed by atoms with van der Waals surface area (Å²) in [7, 11) is 0. The van der Waals surface area contributed by atoms with Crippen molar-refractivity contribution in [1.82, 2.24) is 19.5 Å². The van der Waals surface area contributed by atoms with E-state index >= 15 is 0 Å². The summed E-state index contributed by atoms with van der Waals surface area (Å²) in [5, 5.41) is 4.57. The molecule has 1 aliphatic heterocycles. The lowest BCUT2D eigenvalue weighted by molar-refractivity contribution is 0.436. The van der Waals surface area contributed by atoms with Crippen LogP contribution in [0.4, 0.5) is 0 Å². The average Bonchev–Trinajstić information content (AvgIpc) is 3.76. The van der Waals surface area contributed by atoms with E-state index in [0.717, 1.165) is 66.3 Å². The van der Waals surface area contributed by atoms with Gasteiger partial charge in [-0.3, -0.25) is 4.57 Å². The second-order valence-electron chi connectivity index (χ2n) is 14.3. The molecule has 2 aromatic heterocycles. The summed E-state index contributed by atoms with van der Waals surface area (Å²) in [6.45, 7) is 0. The molecule has 10 aromatic rings. The molecule has 0 bridgehead atoms. The number of hydrogen-bond acceptors (Lipinski definition) is 4. The monoisotopic (exact) mass is 702 g/mol. The van der Waals surface area contributed by atoms with Crippen LogP contribution in [0.5, 0.6) is 11.5 Å². The van der Waals surface area contributed by atoms with Gasteiger partial charge in [0.2, 0.25) is 5.95 Å². The van der Waals surface area contributed by atoms with Crippen molar-refractivity contribution in [3.8, 4) is 51.3 Å². The van der Waals surface area contributed by atoms with Crippen molar-refractivity contribution >= 4 is 32.6 Å². The van der Waals surface area contributed by atoms with Crippen molar-refractivity contribution in [3.63, 3.8) is 0 Å². The molecule has 55 heavy (non-hydrogen) atoms. The highest BCUT2D eigenvalue weighted by Gasteiger charge is 2.51. The molecule has 0 N–H and O–H groups in total. The highest BCUT2D eigenvalue weighted by atomic mass is 16.5. The minimum Gasteiger partial charge on any atom is -0.457 e. The van der Waals surface area contributed by atoms with E-state index < -0.39 is 5.41 Å². The molecular formula is C50H30N4O. The normalized spacial score (nSPS) is 13.4. The summed E-state index contributed by atoms with van der Waals surface area (Å²) in [4.78, 5) is 15.8. The highest BCUT2D eigenvalue weighted by molar-refractivity contribution is 6.22. The van der Waals surface area contributed by atoms with Crippen LogP contribution >= 0.6 is 0 Å². The molecule has 0 radical (unpaired) electrons. The van der Waals surface area contributed by atoms with E-state index in [4.69, 9.17) is 19.7 Å². The largest absolute Gasteiger partial charge is 0.457 e. The van der Waals surface area contributed by atoms with Crippen molar-refractivity contribution in [2.24, 2.45) is 0 Å². The first kappa shape index (κ1) is 30.1. The molecule has 0 atom stereocenters. The van der Waals surface area contributed by atoms with Crippen molar-refractivity contribution in [2.45, 2.75) is 5.41 Å². The lowest BCUT2D eigenvalue weighted by atomic mass is 9.66. The number of para-hydroxylation sites is 2. The van der Waals surface area contributed by atoms with Gasteiger partial charge in [0.05, 0.1) is 16.4 Å². The fraction of sp³-hybridized carbons (Fsp3) is 0.0200. The van der Waals surface area contributed by atoms with Gasteiger partial charge in [-0.2, -0.15) is 9.97 Å². The highest BCUT2D eigenvalue weighted by Crippen LogP contribution is 2.63. The first-order chi connectivity index (χ1) is 27.3. The zero-order chi connectivity index (χ0) is 36.1. The van der Waals surface area contributed by atoms with Crippen LogP contribution in [0.15, 0.2) is 182 Å². The number of nitrogens with zero attached hydrogens (tertiary/aromatic N) is 4. The zero-order valence-corrected chi connectivity index (χ0v) is 29.5. The molecule has 3 heterocycles. The lowest BCUT2D eigenvalue weighted by Crippen LogP contribution is -2.32. The van der Waals surface area contributed by atoms with Gasteiger partial charge >= 0.3 is 0 Å². The minimum absolute atomic E-state index is 0.573. The maximum absolute atomic E-state index is 6.65. The van der Waals surface area contributed by atoms with Crippen LogP contribution in [0.25, 0.3) is 72.4 Å². The van der Waals surface area contributed by atoms with Crippen LogP contribution in [0, 0.1) is 0 Å².